The van der Waals surface area contributed by atoms with Crippen LogP contribution in [0.15, 0.2) is 0 Å². The maximum Gasteiger partial charge on any atom is 0.00983 e. The summed E-state index contributed by atoms with van der Waals surface area (Å²) in [6.45, 7) is 6.14. The van der Waals surface area contributed by atoms with Crippen LogP contribution in [0.3, 0.4) is 0 Å². The van der Waals surface area contributed by atoms with Gasteiger partial charge >= 0.3 is 0 Å². The molecule has 4 atom stereocenters. The van der Waals surface area contributed by atoms with E-state index < -0.39 is 0 Å². The van der Waals surface area contributed by atoms with Gasteiger partial charge in [-0.1, -0.05) is 20.3 Å². The first-order valence-electron chi connectivity index (χ1n) is 6.00. The van der Waals surface area contributed by atoms with Gasteiger partial charge in [0.25, 0.3) is 0 Å². The highest BCUT2D eigenvalue weighted by Crippen LogP contribution is 2.37. The van der Waals surface area contributed by atoms with Gasteiger partial charge in [-0.3, -0.25) is 0 Å². The van der Waals surface area contributed by atoms with Gasteiger partial charge in [0.1, 0.15) is 0 Å². The van der Waals surface area contributed by atoms with E-state index in [9.17, 15) is 0 Å². The zero-order chi connectivity index (χ0) is 9.26. The van der Waals surface area contributed by atoms with Gasteiger partial charge in [-0.25, -0.2) is 0 Å². The predicted octanol–water partition coefficient (Wildman–Crippen LogP) is 2.81. The second-order valence-corrected chi connectivity index (χ2v) is 5.26. The van der Waals surface area contributed by atoms with Crippen LogP contribution >= 0.6 is 0 Å². The van der Waals surface area contributed by atoms with Crippen LogP contribution in [0.4, 0.5) is 0 Å². The lowest BCUT2D eigenvalue weighted by atomic mass is 9.72. The number of hydrogen-bond acceptors (Lipinski definition) is 1. The van der Waals surface area contributed by atoms with E-state index in [0.717, 1.165) is 23.8 Å². The Kier molecular flexibility index (Phi) is 2.92. The van der Waals surface area contributed by atoms with Crippen LogP contribution in [0.1, 0.15) is 46.0 Å². The highest BCUT2D eigenvalue weighted by Gasteiger charge is 2.32. The van der Waals surface area contributed by atoms with Crippen LogP contribution in [0.2, 0.25) is 0 Å². The topological polar surface area (TPSA) is 12.0 Å². The minimum atomic E-state index is 0.863. The lowest BCUT2D eigenvalue weighted by molar-refractivity contribution is 0.167. The Labute approximate surface area is 82.3 Å². The van der Waals surface area contributed by atoms with Crippen molar-refractivity contribution in [2.45, 2.75) is 52.0 Å². The van der Waals surface area contributed by atoms with Crippen LogP contribution in [0.5, 0.6) is 0 Å². The Morgan fingerprint density at radius 3 is 2.54 bits per heavy atom. The van der Waals surface area contributed by atoms with Gasteiger partial charge in [-0.05, 0) is 50.0 Å². The summed E-state index contributed by atoms with van der Waals surface area (Å²) in [5.41, 5.74) is 0. The Balaban J connectivity index is 1.91. The van der Waals surface area contributed by atoms with Crippen molar-refractivity contribution < 1.29 is 0 Å². The fraction of sp³-hybridized carbons (Fsp3) is 1.00. The standard InChI is InChI=1S/C12H23N/c1-9-5-6-11(10(2)8-9)12-4-3-7-13-12/h9-13H,3-8H2,1-2H3. The summed E-state index contributed by atoms with van der Waals surface area (Å²) in [5.74, 6) is 2.92. The summed E-state index contributed by atoms with van der Waals surface area (Å²) in [4.78, 5) is 0. The average Bonchev–Trinajstić information content (AvgIpc) is 2.56. The smallest absolute Gasteiger partial charge is 0.00983 e. The van der Waals surface area contributed by atoms with Crippen molar-refractivity contribution in [2.75, 3.05) is 6.54 Å². The van der Waals surface area contributed by atoms with Crippen LogP contribution in [-0.2, 0) is 0 Å². The molecule has 2 aliphatic rings. The minimum absolute atomic E-state index is 0.863. The first kappa shape index (κ1) is 9.51. The van der Waals surface area contributed by atoms with Crippen molar-refractivity contribution in [3.63, 3.8) is 0 Å². The van der Waals surface area contributed by atoms with Crippen molar-refractivity contribution in [1.82, 2.24) is 5.32 Å². The highest BCUT2D eigenvalue weighted by atomic mass is 14.9. The van der Waals surface area contributed by atoms with Crippen LogP contribution in [0.25, 0.3) is 0 Å². The monoisotopic (exact) mass is 181 g/mol. The summed E-state index contributed by atoms with van der Waals surface area (Å²) in [5, 5.41) is 3.67. The van der Waals surface area contributed by atoms with Gasteiger partial charge < -0.3 is 5.32 Å². The SMILES string of the molecule is CC1CCC(C2CCCN2)C(C)C1. The molecule has 1 aliphatic carbocycles. The molecule has 1 heteroatoms. The molecule has 0 radical (unpaired) electrons. The van der Waals surface area contributed by atoms with Gasteiger partial charge in [0.2, 0.25) is 0 Å². The third-order valence-electron chi connectivity index (χ3n) is 4.11. The van der Waals surface area contributed by atoms with E-state index in [2.05, 4.69) is 19.2 Å². The van der Waals surface area contributed by atoms with Crippen LogP contribution in [-0.4, -0.2) is 12.6 Å². The second kappa shape index (κ2) is 4.00. The Hall–Kier alpha value is -0.0400. The van der Waals surface area contributed by atoms with E-state index in [4.69, 9.17) is 0 Å². The van der Waals surface area contributed by atoms with Crippen molar-refractivity contribution in [1.29, 1.82) is 0 Å². The average molecular weight is 181 g/mol. The normalized spacial score (nSPS) is 46.6. The molecular weight excluding hydrogens is 158 g/mol. The fourth-order valence-corrected chi connectivity index (χ4v) is 3.36. The summed E-state index contributed by atoms with van der Waals surface area (Å²) >= 11 is 0. The second-order valence-electron chi connectivity index (χ2n) is 5.26. The Bertz CT molecular complexity index is 161. The molecule has 2 rings (SSSR count). The Morgan fingerprint density at radius 1 is 1.08 bits per heavy atom. The van der Waals surface area contributed by atoms with E-state index in [-0.39, 0.29) is 0 Å². The number of nitrogens with one attached hydrogen (secondary N) is 1. The molecule has 0 bridgehead atoms. The predicted molar refractivity (Wildman–Crippen MR) is 56.7 cm³/mol. The first-order valence-corrected chi connectivity index (χ1v) is 6.00. The van der Waals surface area contributed by atoms with Crippen LogP contribution < -0.4 is 5.32 Å². The van der Waals surface area contributed by atoms with E-state index in [0.29, 0.717) is 0 Å². The lowest BCUT2D eigenvalue weighted by Gasteiger charge is -2.36. The van der Waals surface area contributed by atoms with Gasteiger partial charge in [0.05, 0.1) is 0 Å². The Morgan fingerprint density at radius 2 is 1.92 bits per heavy atom. The first-order chi connectivity index (χ1) is 6.27. The van der Waals surface area contributed by atoms with E-state index in [1.165, 1.54) is 38.6 Å². The summed E-state index contributed by atoms with van der Waals surface area (Å²) in [6.07, 6.45) is 7.24. The molecule has 1 saturated heterocycles. The summed E-state index contributed by atoms with van der Waals surface area (Å²) in [7, 11) is 0. The quantitative estimate of drug-likeness (QED) is 0.656. The van der Waals surface area contributed by atoms with E-state index >= 15 is 0 Å². The maximum atomic E-state index is 3.67. The third kappa shape index (κ3) is 2.07. The molecule has 1 nitrogen and oxygen atoms in total. The largest absolute Gasteiger partial charge is 0.314 e. The molecule has 1 N–H and O–H groups in total. The summed E-state index contributed by atoms with van der Waals surface area (Å²) in [6, 6.07) is 0.863. The molecule has 0 amide bonds. The number of hydrogen-bond donors (Lipinski definition) is 1. The van der Waals surface area contributed by atoms with Crippen LogP contribution in [0, 0.1) is 17.8 Å². The van der Waals surface area contributed by atoms with Crippen molar-refractivity contribution in [2.24, 2.45) is 17.8 Å². The fourth-order valence-electron chi connectivity index (χ4n) is 3.36. The zero-order valence-corrected chi connectivity index (χ0v) is 9.05. The third-order valence-corrected chi connectivity index (χ3v) is 4.11. The maximum absolute atomic E-state index is 3.67. The molecule has 1 saturated carbocycles. The molecule has 0 aromatic carbocycles. The highest BCUT2D eigenvalue weighted by molar-refractivity contribution is 4.87. The lowest BCUT2D eigenvalue weighted by Crippen LogP contribution is -2.37. The zero-order valence-electron chi connectivity index (χ0n) is 9.05. The molecule has 13 heavy (non-hydrogen) atoms. The van der Waals surface area contributed by atoms with Gasteiger partial charge in [0, 0.05) is 6.04 Å². The molecule has 0 spiro atoms. The van der Waals surface area contributed by atoms with Crippen molar-refractivity contribution in [3.8, 4) is 0 Å². The molecular formula is C12H23N. The molecule has 4 unspecified atom stereocenters. The molecule has 76 valence electrons. The molecule has 1 heterocycles. The minimum Gasteiger partial charge on any atom is -0.314 e. The molecule has 0 aromatic heterocycles. The molecule has 2 fully saturated rings. The summed E-state index contributed by atoms with van der Waals surface area (Å²) < 4.78 is 0. The van der Waals surface area contributed by atoms with E-state index in [1.807, 2.05) is 0 Å². The van der Waals surface area contributed by atoms with Gasteiger partial charge in [-0.2, -0.15) is 0 Å². The van der Waals surface area contributed by atoms with Crippen molar-refractivity contribution in [3.05, 3.63) is 0 Å². The molecule has 1 aliphatic heterocycles. The molecule has 0 aromatic rings. The van der Waals surface area contributed by atoms with Gasteiger partial charge in [-0.15, -0.1) is 0 Å². The van der Waals surface area contributed by atoms with E-state index in [1.54, 1.807) is 0 Å². The van der Waals surface area contributed by atoms with Gasteiger partial charge in [0.15, 0.2) is 0 Å². The number of rotatable bonds is 1. The van der Waals surface area contributed by atoms with Crippen molar-refractivity contribution >= 4 is 0 Å².